The number of benzene rings is 9. The molecule has 5 nitrogen and oxygen atoms in total. The highest BCUT2D eigenvalue weighted by Gasteiger charge is 2.18. The molecule has 60 heavy (non-hydrogen) atoms. The minimum atomic E-state index is 0.112. The van der Waals surface area contributed by atoms with E-state index in [1.54, 1.807) is 6.21 Å². The lowest BCUT2D eigenvalue weighted by molar-refractivity contribution is 0.668. The van der Waals surface area contributed by atoms with Crippen LogP contribution in [-0.4, -0.2) is 17.9 Å². The number of hydrogen-bond donors (Lipinski definition) is 1. The topological polar surface area (TPSA) is 74.8 Å². The quantitative estimate of drug-likeness (QED) is 0.135. The van der Waals surface area contributed by atoms with Gasteiger partial charge in [0.2, 0.25) is 0 Å². The molecule has 9 aromatic carbocycles. The second-order valence-electron chi connectivity index (χ2n) is 14.9. The minimum Gasteiger partial charge on any atom is -0.456 e. The molecule has 0 aliphatic heterocycles. The van der Waals surface area contributed by atoms with Crippen LogP contribution in [0.15, 0.2) is 219 Å². The lowest BCUT2D eigenvalue weighted by Crippen LogP contribution is -2.05. The molecule has 0 unspecified atom stereocenters. The van der Waals surface area contributed by atoms with E-state index in [0.29, 0.717) is 11.4 Å². The number of para-hydroxylation sites is 3. The number of nitrogens with one attached hydrogen (secondary N) is 1. The number of nitrogens with zero attached hydrogens (tertiary/aromatic N) is 2. The fourth-order valence-corrected chi connectivity index (χ4v) is 8.33. The van der Waals surface area contributed by atoms with Crippen molar-refractivity contribution in [3.63, 3.8) is 0 Å². The van der Waals surface area contributed by atoms with E-state index in [-0.39, 0.29) is 5.84 Å². The summed E-state index contributed by atoms with van der Waals surface area (Å²) in [5, 5.41) is 15.7. The third-order valence-electron chi connectivity index (χ3n) is 11.2. The van der Waals surface area contributed by atoms with Crippen molar-refractivity contribution in [2.75, 3.05) is 0 Å². The number of rotatable bonds is 6. The predicted octanol–water partition coefficient (Wildman–Crippen LogP) is 14.5. The van der Waals surface area contributed by atoms with Gasteiger partial charge in [-0.05, 0) is 81.1 Å². The summed E-state index contributed by atoms with van der Waals surface area (Å²) in [7, 11) is 0. The molecular weight excluding hydrogens is 735 g/mol. The van der Waals surface area contributed by atoms with Crippen LogP contribution < -0.4 is 0 Å². The minimum absolute atomic E-state index is 0.112. The van der Waals surface area contributed by atoms with Gasteiger partial charge in [-0.15, -0.1) is 0 Å². The Kier molecular flexibility index (Phi) is 8.56. The second kappa shape index (κ2) is 14.7. The maximum absolute atomic E-state index is 9.35. The molecule has 0 amide bonds. The van der Waals surface area contributed by atoms with Crippen molar-refractivity contribution >= 4 is 72.5 Å². The summed E-state index contributed by atoms with van der Waals surface area (Å²) < 4.78 is 12.7. The molecule has 0 aliphatic rings. The fraction of sp³-hybridized carbons (Fsp3) is 0. The summed E-state index contributed by atoms with van der Waals surface area (Å²) in [4.78, 5) is 9.91. The summed E-state index contributed by atoms with van der Waals surface area (Å²) in [5.74, 6) is 0.538. The molecule has 0 bridgehead atoms. The van der Waals surface area contributed by atoms with E-state index in [4.69, 9.17) is 18.8 Å². The van der Waals surface area contributed by atoms with Gasteiger partial charge < -0.3 is 8.83 Å². The van der Waals surface area contributed by atoms with Crippen LogP contribution in [0.5, 0.6) is 0 Å². The SMILES string of the molecule is N=C(/N=C(\N=C\c1cccc2c1oc1ccccc12)c1cccc(-c2ccccc2)c1)c1ccc2cc(-c3c(-c4ccccc4)ccc4oc5ccccc5c34)ccc2c1. The highest BCUT2D eigenvalue weighted by molar-refractivity contribution is 6.18. The van der Waals surface area contributed by atoms with Crippen LogP contribution in [0, 0.1) is 5.41 Å². The van der Waals surface area contributed by atoms with E-state index in [9.17, 15) is 5.41 Å². The van der Waals surface area contributed by atoms with Crippen LogP contribution in [-0.2, 0) is 0 Å². The molecule has 11 aromatic rings. The van der Waals surface area contributed by atoms with Crippen molar-refractivity contribution in [3.8, 4) is 33.4 Å². The van der Waals surface area contributed by atoms with Crippen LogP contribution in [0.4, 0.5) is 0 Å². The third kappa shape index (κ3) is 6.26. The summed E-state index contributed by atoms with van der Waals surface area (Å²) in [5.41, 5.74) is 12.3. The smallest absolute Gasteiger partial charge is 0.161 e. The molecule has 0 aliphatic carbocycles. The van der Waals surface area contributed by atoms with E-state index in [2.05, 4.69) is 109 Å². The van der Waals surface area contributed by atoms with Crippen LogP contribution >= 0.6 is 0 Å². The van der Waals surface area contributed by atoms with Crippen molar-refractivity contribution < 1.29 is 8.83 Å². The summed E-state index contributed by atoms with van der Waals surface area (Å²) in [6, 6.07) is 68.1. The molecule has 0 radical (unpaired) electrons. The van der Waals surface area contributed by atoms with Gasteiger partial charge in [0.1, 0.15) is 22.3 Å². The Morgan fingerprint density at radius 1 is 0.450 bits per heavy atom. The third-order valence-corrected chi connectivity index (χ3v) is 11.2. The normalized spacial score (nSPS) is 12.1. The van der Waals surface area contributed by atoms with Crippen molar-refractivity contribution in [1.82, 2.24) is 0 Å². The molecule has 0 saturated heterocycles. The molecule has 0 spiro atoms. The average Bonchev–Trinajstić information content (AvgIpc) is 3.89. The highest BCUT2D eigenvalue weighted by Crippen LogP contribution is 2.43. The molecule has 0 fully saturated rings. The van der Waals surface area contributed by atoms with Crippen LogP contribution in [0.2, 0.25) is 0 Å². The Bertz CT molecular complexity index is 3500. The number of furan rings is 2. The average molecular weight is 770 g/mol. The van der Waals surface area contributed by atoms with E-state index >= 15 is 0 Å². The van der Waals surface area contributed by atoms with Crippen LogP contribution in [0.1, 0.15) is 16.7 Å². The van der Waals surface area contributed by atoms with Crippen LogP contribution in [0.3, 0.4) is 0 Å². The number of amidine groups is 2. The Morgan fingerprint density at radius 3 is 1.95 bits per heavy atom. The van der Waals surface area contributed by atoms with Gasteiger partial charge in [-0.25, -0.2) is 9.98 Å². The van der Waals surface area contributed by atoms with E-state index in [1.807, 2.05) is 91.0 Å². The molecule has 0 atom stereocenters. The van der Waals surface area contributed by atoms with Gasteiger partial charge in [-0.2, -0.15) is 0 Å². The summed E-state index contributed by atoms with van der Waals surface area (Å²) in [6.45, 7) is 0. The largest absolute Gasteiger partial charge is 0.456 e. The summed E-state index contributed by atoms with van der Waals surface area (Å²) >= 11 is 0. The Labute approximate surface area is 345 Å². The maximum atomic E-state index is 9.35. The molecule has 0 saturated carbocycles. The van der Waals surface area contributed by atoms with Crippen LogP contribution in [0.25, 0.3) is 88.0 Å². The Hall–Kier alpha value is -8.15. The maximum Gasteiger partial charge on any atom is 0.161 e. The first-order valence-corrected chi connectivity index (χ1v) is 20.0. The van der Waals surface area contributed by atoms with Crippen molar-refractivity contribution in [3.05, 3.63) is 217 Å². The zero-order chi connectivity index (χ0) is 40.0. The fourth-order valence-electron chi connectivity index (χ4n) is 8.33. The zero-order valence-electron chi connectivity index (χ0n) is 32.3. The predicted molar refractivity (Wildman–Crippen MR) is 249 cm³/mol. The number of aliphatic imine (C=N–C) groups is 2. The Morgan fingerprint density at radius 2 is 1.12 bits per heavy atom. The van der Waals surface area contributed by atoms with Gasteiger partial charge in [0.15, 0.2) is 11.7 Å². The first kappa shape index (κ1) is 35.0. The van der Waals surface area contributed by atoms with E-state index in [0.717, 1.165) is 99.2 Å². The Balaban J connectivity index is 1.00. The molecule has 2 heterocycles. The number of hydrogen-bond acceptors (Lipinski definition) is 3. The molecule has 5 heteroatoms. The van der Waals surface area contributed by atoms with Gasteiger partial charge in [-0.3, -0.25) is 5.41 Å². The van der Waals surface area contributed by atoms with Gasteiger partial charge >= 0.3 is 0 Å². The lowest BCUT2D eigenvalue weighted by atomic mass is 9.89. The van der Waals surface area contributed by atoms with Gasteiger partial charge in [0.05, 0.1) is 0 Å². The first-order chi connectivity index (χ1) is 29.6. The van der Waals surface area contributed by atoms with Crippen molar-refractivity contribution in [2.24, 2.45) is 9.98 Å². The van der Waals surface area contributed by atoms with Gasteiger partial charge in [0, 0.05) is 50.0 Å². The molecule has 2 aromatic heterocycles. The molecule has 282 valence electrons. The summed E-state index contributed by atoms with van der Waals surface area (Å²) in [6.07, 6.45) is 1.79. The monoisotopic (exact) mass is 769 g/mol. The zero-order valence-corrected chi connectivity index (χ0v) is 32.3. The van der Waals surface area contributed by atoms with Crippen molar-refractivity contribution in [2.45, 2.75) is 0 Å². The lowest BCUT2D eigenvalue weighted by Gasteiger charge is -2.13. The number of fused-ring (bicyclic) bond motifs is 7. The van der Waals surface area contributed by atoms with Gasteiger partial charge in [-0.1, -0.05) is 158 Å². The molecular formula is C55H35N3O2. The highest BCUT2D eigenvalue weighted by atomic mass is 16.3. The van der Waals surface area contributed by atoms with E-state index in [1.165, 1.54) is 0 Å². The molecule has 11 rings (SSSR count). The van der Waals surface area contributed by atoms with Gasteiger partial charge in [0.25, 0.3) is 0 Å². The second-order valence-corrected chi connectivity index (χ2v) is 14.9. The van der Waals surface area contributed by atoms with E-state index < -0.39 is 0 Å². The molecule has 1 N–H and O–H groups in total. The standard InChI is InChI=1S/C55H35N3O2/c56-54(58-55(42-18-11-17-37(33-42)35-13-3-1-4-14-35)57-34-43-19-12-22-46-45-20-7-9-23-48(45)60-53(43)46)41-28-26-38-31-40(27-25-39(38)32-41)51-44(36-15-5-2-6-16-36)29-30-50-52(51)47-21-8-10-24-49(47)59-50/h1-34,56H/b56-54?,57-34+,58-55-. The van der Waals surface area contributed by atoms with Crippen molar-refractivity contribution in [1.29, 1.82) is 5.41 Å². The first-order valence-electron chi connectivity index (χ1n) is 20.0.